The monoisotopic (exact) mass is 296 g/mol. The standard InChI is InChI=1S/C18H20O2Si/c1-2-10-16-20-21(19-15-9-1,17-11-5-3-6-12-17)18-13-7-4-8-14-18/h1-8,11-14H,9-10,15-16H2/b2-1-. The van der Waals surface area contributed by atoms with Gasteiger partial charge in [0, 0.05) is 13.2 Å². The van der Waals surface area contributed by atoms with Gasteiger partial charge in [-0.1, -0.05) is 72.8 Å². The van der Waals surface area contributed by atoms with Crippen LogP contribution in [0.5, 0.6) is 0 Å². The Kier molecular flexibility index (Phi) is 4.65. The van der Waals surface area contributed by atoms with Gasteiger partial charge in [0.15, 0.2) is 0 Å². The smallest absolute Gasteiger partial charge is 0.387 e. The van der Waals surface area contributed by atoms with Crippen molar-refractivity contribution in [1.29, 1.82) is 0 Å². The highest BCUT2D eigenvalue weighted by Gasteiger charge is 2.42. The molecule has 0 unspecified atom stereocenters. The maximum Gasteiger partial charge on any atom is 0.407 e. The quantitative estimate of drug-likeness (QED) is 0.626. The van der Waals surface area contributed by atoms with E-state index in [0.717, 1.165) is 12.8 Å². The molecule has 1 aliphatic heterocycles. The SMILES string of the molecule is C1=C\CCO[Si](c2ccccc2)(c2ccccc2)OCC/1. The van der Waals surface area contributed by atoms with Crippen molar-refractivity contribution in [2.24, 2.45) is 0 Å². The van der Waals surface area contributed by atoms with E-state index in [1.54, 1.807) is 0 Å². The molecule has 0 saturated carbocycles. The van der Waals surface area contributed by atoms with Crippen LogP contribution in [0.25, 0.3) is 0 Å². The lowest BCUT2D eigenvalue weighted by molar-refractivity contribution is 0.200. The lowest BCUT2D eigenvalue weighted by atomic mass is 10.3. The molecular weight excluding hydrogens is 276 g/mol. The Hall–Kier alpha value is -1.68. The highest BCUT2D eigenvalue weighted by molar-refractivity contribution is 6.92. The average Bonchev–Trinajstić information content (AvgIpc) is 2.69. The second-order valence-corrected chi connectivity index (χ2v) is 8.06. The lowest BCUT2D eigenvalue weighted by Gasteiger charge is -2.31. The highest BCUT2D eigenvalue weighted by Crippen LogP contribution is 2.13. The number of hydrogen-bond acceptors (Lipinski definition) is 2. The van der Waals surface area contributed by atoms with Crippen molar-refractivity contribution in [3.63, 3.8) is 0 Å². The van der Waals surface area contributed by atoms with Gasteiger partial charge >= 0.3 is 8.56 Å². The van der Waals surface area contributed by atoms with E-state index in [0.29, 0.717) is 13.2 Å². The molecule has 21 heavy (non-hydrogen) atoms. The normalized spacial score (nSPS) is 20.0. The second-order valence-electron chi connectivity index (χ2n) is 5.09. The number of benzene rings is 2. The molecule has 0 bridgehead atoms. The second kappa shape index (κ2) is 6.85. The zero-order valence-electron chi connectivity index (χ0n) is 12.1. The van der Waals surface area contributed by atoms with Gasteiger partial charge in [-0.3, -0.25) is 0 Å². The molecule has 0 spiro atoms. The van der Waals surface area contributed by atoms with E-state index < -0.39 is 8.56 Å². The molecule has 0 atom stereocenters. The first kappa shape index (κ1) is 14.3. The van der Waals surface area contributed by atoms with Crippen molar-refractivity contribution >= 4 is 18.9 Å². The summed E-state index contributed by atoms with van der Waals surface area (Å²) < 4.78 is 12.8. The van der Waals surface area contributed by atoms with E-state index in [1.165, 1.54) is 10.4 Å². The minimum absolute atomic E-state index is 0.701. The zero-order chi connectivity index (χ0) is 14.4. The molecule has 0 N–H and O–H groups in total. The molecular formula is C18H20O2Si. The Bertz CT molecular complexity index is 527. The van der Waals surface area contributed by atoms with Crippen LogP contribution in [0.1, 0.15) is 12.8 Å². The molecule has 0 fully saturated rings. The molecule has 3 heteroatoms. The molecule has 2 nitrogen and oxygen atoms in total. The maximum atomic E-state index is 6.39. The zero-order valence-corrected chi connectivity index (χ0v) is 13.1. The van der Waals surface area contributed by atoms with E-state index in [4.69, 9.17) is 8.85 Å². The van der Waals surface area contributed by atoms with Crippen LogP contribution in [0.15, 0.2) is 72.8 Å². The first-order chi connectivity index (χ1) is 10.4. The first-order valence-electron chi connectivity index (χ1n) is 7.46. The number of hydrogen-bond donors (Lipinski definition) is 0. The molecule has 0 saturated heterocycles. The third kappa shape index (κ3) is 3.15. The molecule has 0 radical (unpaired) electrons. The predicted molar refractivity (Wildman–Crippen MR) is 88.2 cm³/mol. The van der Waals surface area contributed by atoms with Crippen LogP contribution in [0.3, 0.4) is 0 Å². The Labute approximate surface area is 127 Å². The average molecular weight is 296 g/mol. The first-order valence-corrected chi connectivity index (χ1v) is 9.27. The minimum atomic E-state index is -2.59. The molecule has 1 heterocycles. The summed E-state index contributed by atoms with van der Waals surface area (Å²) in [5, 5.41) is 2.36. The van der Waals surface area contributed by atoms with E-state index in [1.807, 2.05) is 12.1 Å². The highest BCUT2D eigenvalue weighted by atomic mass is 28.4. The predicted octanol–water partition coefficient (Wildman–Crippen LogP) is 2.63. The van der Waals surface area contributed by atoms with Crippen LogP contribution in [-0.2, 0) is 8.85 Å². The Morgan fingerprint density at radius 1 is 0.619 bits per heavy atom. The molecule has 0 aliphatic carbocycles. The molecule has 0 amide bonds. The molecule has 2 aromatic rings. The van der Waals surface area contributed by atoms with Gasteiger partial charge in [0.25, 0.3) is 0 Å². The van der Waals surface area contributed by atoms with E-state index in [9.17, 15) is 0 Å². The van der Waals surface area contributed by atoms with E-state index in [-0.39, 0.29) is 0 Å². The summed E-state index contributed by atoms with van der Waals surface area (Å²) in [6, 6.07) is 20.8. The molecule has 2 aromatic carbocycles. The van der Waals surface area contributed by atoms with Crippen molar-refractivity contribution in [1.82, 2.24) is 0 Å². The van der Waals surface area contributed by atoms with Crippen molar-refractivity contribution in [3.8, 4) is 0 Å². The topological polar surface area (TPSA) is 18.5 Å². The summed E-state index contributed by atoms with van der Waals surface area (Å²) in [7, 11) is -2.59. The number of rotatable bonds is 2. The van der Waals surface area contributed by atoms with Crippen LogP contribution in [-0.4, -0.2) is 21.8 Å². The van der Waals surface area contributed by atoms with Crippen molar-refractivity contribution in [2.45, 2.75) is 12.8 Å². The summed E-state index contributed by atoms with van der Waals surface area (Å²) in [6.07, 6.45) is 6.25. The van der Waals surface area contributed by atoms with Crippen molar-refractivity contribution in [2.75, 3.05) is 13.2 Å². The van der Waals surface area contributed by atoms with Crippen molar-refractivity contribution < 1.29 is 8.85 Å². The third-order valence-electron chi connectivity index (χ3n) is 3.65. The Morgan fingerprint density at radius 3 is 1.48 bits per heavy atom. The van der Waals surface area contributed by atoms with Gasteiger partial charge in [0.2, 0.25) is 0 Å². The van der Waals surface area contributed by atoms with Crippen LogP contribution in [0, 0.1) is 0 Å². The van der Waals surface area contributed by atoms with Crippen LogP contribution >= 0.6 is 0 Å². The summed E-state index contributed by atoms with van der Waals surface area (Å²) in [6.45, 7) is 1.40. The molecule has 0 aromatic heterocycles. The largest absolute Gasteiger partial charge is 0.407 e. The van der Waals surface area contributed by atoms with Crippen LogP contribution in [0.2, 0.25) is 0 Å². The van der Waals surface area contributed by atoms with E-state index >= 15 is 0 Å². The lowest BCUT2D eigenvalue weighted by Crippen LogP contribution is -2.63. The fourth-order valence-electron chi connectivity index (χ4n) is 2.63. The van der Waals surface area contributed by atoms with Gasteiger partial charge in [-0.15, -0.1) is 0 Å². The minimum Gasteiger partial charge on any atom is -0.387 e. The van der Waals surface area contributed by atoms with Crippen LogP contribution in [0.4, 0.5) is 0 Å². The molecule has 108 valence electrons. The Balaban J connectivity index is 2.05. The third-order valence-corrected chi connectivity index (χ3v) is 7.06. The fourth-order valence-corrected chi connectivity index (χ4v) is 5.79. The van der Waals surface area contributed by atoms with Gasteiger partial charge < -0.3 is 8.85 Å². The maximum absolute atomic E-state index is 6.39. The molecule has 1 aliphatic rings. The van der Waals surface area contributed by atoms with Gasteiger partial charge in [-0.25, -0.2) is 0 Å². The van der Waals surface area contributed by atoms with E-state index in [2.05, 4.69) is 60.7 Å². The van der Waals surface area contributed by atoms with Gasteiger partial charge in [0.05, 0.1) is 0 Å². The molecule has 3 rings (SSSR count). The fraction of sp³-hybridized carbons (Fsp3) is 0.222. The summed E-state index contributed by atoms with van der Waals surface area (Å²) in [5.41, 5.74) is 0. The summed E-state index contributed by atoms with van der Waals surface area (Å²) in [5.74, 6) is 0. The van der Waals surface area contributed by atoms with Gasteiger partial charge in [-0.05, 0) is 23.2 Å². The van der Waals surface area contributed by atoms with Gasteiger partial charge in [-0.2, -0.15) is 0 Å². The Morgan fingerprint density at radius 2 is 1.05 bits per heavy atom. The summed E-state index contributed by atoms with van der Waals surface area (Å²) in [4.78, 5) is 0. The van der Waals surface area contributed by atoms with Gasteiger partial charge in [0.1, 0.15) is 0 Å². The summed E-state index contributed by atoms with van der Waals surface area (Å²) >= 11 is 0. The van der Waals surface area contributed by atoms with Crippen LogP contribution < -0.4 is 10.4 Å². The van der Waals surface area contributed by atoms with Crippen molar-refractivity contribution in [3.05, 3.63) is 72.8 Å².